The molecule has 8 heteroatoms. The van der Waals surface area contributed by atoms with Gasteiger partial charge in [0, 0.05) is 17.7 Å². The molecule has 0 aliphatic carbocycles. The molecule has 0 atom stereocenters. The van der Waals surface area contributed by atoms with Gasteiger partial charge in [0.15, 0.2) is 11.5 Å². The van der Waals surface area contributed by atoms with Gasteiger partial charge in [0.05, 0.1) is 25.2 Å². The number of hydrogen-bond donors (Lipinski definition) is 2. The summed E-state index contributed by atoms with van der Waals surface area (Å²) in [7, 11) is 1.70. The molecule has 0 spiro atoms. The molecule has 160 valence electrons. The SMILES string of the molecule is COc1cc(C2CCN(C(C)C)CC2)ccc1-c1cc(Nc2cnc(C#N)cn2)n[nH]1. The molecule has 31 heavy (non-hydrogen) atoms. The minimum atomic E-state index is 0.271. The van der Waals surface area contributed by atoms with E-state index >= 15 is 0 Å². The topological polar surface area (TPSA) is 103 Å². The fraction of sp³-hybridized carbons (Fsp3) is 0.391. The number of aromatic amines is 1. The van der Waals surface area contributed by atoms with Crippen LogP contribution in [-0.2, 0) is 0 Å². The van der Waals surface area contributed by atoms with Gasteiger partial charge in [-0.2, -0.15) is 10.4 Å². The number of benzene rings is 1. The largest absolute Gasteiger partial charge is 0.496 e. The van der Waals surface area contributed by atoms with E-state index in [9.17, 15) is 0 Å². The van der Waals surface area contributed by atoms with E-state index in [4.69, 9.17) is 10.00 Å². The van der Waals surface area contributed by atoms with Crippen molar-refractivity contribution in [1.29, 1.82) is 5.26 Å². The Labute approximate surface area is 182 Å². The average molecular weight is 418 g/mol. The first-order chi connectivity index (χ1) is 15.1. The summed E-state index contributed by atoms with van der Waals surface area (Å²) in [6.07, 6.45) is 5.27. The Morgan fingerprint density at radius 2 is 1.97 bits per heavy atom. The van der Waals surface area contributed by atoms with Crippen molar-refractivity contribution >= 4 is 11.6 Å². The lowest BCUT2D eigenvalue weighted by Crippen LogP contribution is -2.37. The van der Waals surface area contributed by atoms with Crippen molar-refractivity contribution in [1.82, 2.24) is 25.1 Å². The van der Waals surface area contributed by atoms with Crippen LogP contribution >= 0.6 is 0 Å². The fourth-order valence-electron chi connectivity index (χ4n) is 4.04. The van der Waals surface area contributed by atoms with Crippen molar-refractivity contribution in [2.75, 3.05) is 25.5 Å². The predicted molar refractivity (Wildman–Crippen MR) is 119 cm³/mol. The molecule has 1 aliphatic rings. The predicted octanol–water partition coefficient (Wildman–Crippen LogP) is 4.08. The van der Waals surface area contributed by atoms with Gasteiger partial charge in [0.1, 0.15) is 17.6 Å². The van der Waals surface area contributed by atoms with E-state index in [1.807, 2.05) is 12.1 Å². The number of aromatic nitrogens is 4. The maximum Gasteiger partial charge on any atom is 0.158 e. The van der Waals surface area contributed by atoms with E-state index < -0.39 is 0 Å². The molecule has 3 aromatic rings. The van der Waals surface area contributed by atoms with Gasteiger partial charge in [-0.15, -0.1) is 0 Å². The lowest BCUT2D eigenvalue weighted by atomic mass is 9.88. The van der Waals surface area contributed by atoms with Crippen molar-refractivity contribution in [3.8, 4) is 23.1 Å². The number of H-pyrrole nitrogens is 1. The number of nitrogens with zero attached hydrogens (tertiary/aromatic N) is 5. The zero-order valence-electron chi connectivity index (χ0n) is 18.1. The number of anilines is 2. The molecule has 1 saturated heterocycles. The maximum atomic E-state index is 8.83. The van der Waals surface area contributed by atoms with Crippen LogP contribution < -0.4 is 10.1 Å². The van der Waals surface area contributed by atoms with Crippen LogP contribution in [0.25, 0.3) is 11.3 Å². The molecule has 1 aromatic carbocycles. The van der Waals surface area contributed by atoms with Crippen LogP contribution in [0.4, 0.5) is 11.6 Å². The highest BCUT2D eigenvalue weighted by Crippen LogP contribution is 2.36. The highest BCUT2D eigenvalue weighted by Gasteiger charge is 2.23. The minimum Gasteiger partial charge on any atom is -0.496 e. The number of nitrogens with one attached hydrogen (secondary N) is 2. The monoisotopic (exact) mass is 417 g/mol. The Kier molecular flexibility index (Phi) is 6.14. The van der Waals surface area contributed by atoms with Crippen LogP contribution in [0.5, 0.6) is 5.75 Å². The molecule has 4 rings (SSSR count). The molecule has 0 radical (unpaired) electrons. The minimum absolute atomic E-state index is 0.271. The Morgan fingerprint density at radius 3 is 2.61 bits per heavy atom. The van der Waals surface area contributed by atoms with Crippen LogP contribution in [-0.4, -0.2) is 51.3 Å². The zero-order chi connectivity index (χ0) is 21.8. The molecule has 3 heterocycles. The summed E-state index contributed by atoms with van der Waals surface area (Å²) in [5.41, 5.74) is 3.40. The normalized spacial score (nSPS) is 15.1. The number of nitriles is 1. The second kappa shape index (κ2) is 9.14. The third kappa shape index (κ3) is 4.67. The van der Waals surface area contributed by atoms with Gasteiger partial charge in [-0.3, -0.25) is 5.10 Å². The lowest BCUT2D eigenvalue weighted by molar-refractivity contribution is 0.172. The molecule has 2 aromatic heterocycles. The Hall–Kier alpha value is -3.44. The Bertz CT molecular complexity index is 1060. The third-order valence-corrected chi connectivity index (χ3v) is 5.85. The summed E-state index contributed by atoms with van der Waals surface area (Å²) < 4.78 is 5.71. The molecule has 8 nitrogen and oxygen atoms in total. The first-order valence-electron chi connectivity index (χ1n) is 10.5. The first-order valence-corrected chi connectivity index (χ1v) is 10.5. The second-order valence-electron chi connectivity index (χ2n) is 8.05. The standard InChI is InChI=1S/C23H27N7O/c1-15(2)30-8-6-16(7-9-30)17-4-5-19(21(10-17)31-3)20-11-22(29-28-20)27-23-14-25-18(12-24)13-26-23/h4-5,10-11,13-16H,6-9H2,1-3H3,(H2,26,27,28,29). The second-order valence-corrected chi connectivity index (χ2v) is 8.05. The van der Waals surface area contributed by atoms with Crippen molar-refractivity contribution < 1.29 is 4.74 Å². The first kappa shape index (κ1) is 20.8. The van der Waals surface area contributed by atoms with E-state index in [1.54, 1.807) is 7.11 Å². The third-order valence-electron chi connectivity index (χ3n) is 5.85. The average Bonchev–Trinajstić information content (AvgIpc) is 3.27. The van der Waals surface area contributed by atoms with Crippen LogP contribution in [0, 0.1) is 11.3 Å². The molecule has 0 saturated carbocycles. The van der Waals surface area contributed by atoms with E-state index in [0.29, 0.717) is 23.6 Å². The highest BCUT2D eigenvalue weighted by molar-refractivity contribution is 5.71. The summed E-state index contributed by atoms with van der Waals surface area (Å²) in [4.78, 5) is 10.7. The van der Waals surface area contributed by atoms with E-state index in [2.05, 4.69) is 62.4 Å². The van der Waals surface area contributed by atoms with Crippen molar-refractivity contribution in [2.24, 2.45) is 0 Å². The van der Waals surface area contributed by atoms with E-state index in [1.165, 1.54) is 30.8 Å². The van der Waals surface area contributed by atoms with E-state index in [-0.39, 0.29) is 5.69 Å². The number of rotatable bonds is 6. The van der Waals surface area contributed by atoms with Crippen molar-refractivity contribution in [3.63, 3.8) is 0 Å². The fourth-order valence-corrected chi connectivity index (χ4v) is 4.04. The van der Waals surface area contributed by atoms with Gasteiger partial charge in [-0.1, -0.05) is 6.07 Å². The number of likely N-dealkylation sites (tertiary alicyclic amines) is 1. The van der Waals surface area contributed by atoms with Gasteiger partial charge >= 0.3 is 0 Å². The summed E-state index contributed by atoms with van der Waals surface area (Å²) in [6, 6.07) is 10.9. The van der Waals surface area contributed by atoms with Gasteiger partial charge < -0.3 is 15.0 Å². The highest BCUT2D eigenvalue weighted by atomic mass is 16.5. The summed E-state index contributed by atoms with van der Waals surface area (Å²) >= 11 is 0. The molecule has 0 bridgehead atoms. The van der Waals surface area contributed by atoms with Gasteiger partial charge in [0.2, 0.25) is 0 Å². The molecule has 0 unspecified atom stereocenters. The molecular formula is C23H27N7O. The number of methoxy groups -OCH3 is 1. The quantitative estimate of drug-likeness (QED) is 0.623. The van der Waals surface area contributed by atoms with Crippen molar-refractivity contribution in [2.45, 2.75) is 38.6 Å². The molecule has 1 fully saturated rings. The molecular weight excluding hydrogens is 390 g/mol. The lowest BCUT2D eigenvalue weighted by Gasteiger charge is -2.35. The van der Waals surface area contributed by atoms with Crippen LogP contribution in [0.1, 0.15) is 43.9 Å². The smallest absolute Gasteiger partial charge is 0.158 e. The molecule has 0 amide bonds. The summed E-state index contributed by atoms with van der Waals surface area (Å²) in [6.45, 7) is 6.81. The summed E-state index contributed by atoms with van der Waals surface area (Å²) in [5.74, 6) is 2.53. The van der Waals surface area contributed by atoms with Crippen molar-refractivity contribution in [3.05, 3.63) is 47.9 Å². The number of ether oxygens (including phenoxy) is 1. The van der Waals surface area contributed by atoms with Gasteiger partial charge in [0.25, 0.3) is 0 Å². The van der Waals surface area contributed by atoms with Crippen LogP contribution in [0.3, 0.4) is 0 Å². The van der Waals surface area contributed by atoms with Crippen LogP contribution in [0.15, 0.2) is 36.7 Å². The Balaban J connectivity index is 1.49. The van der Waals surface area contributed by atoms with E-state index in [0.717, 1.165) is 30.1 Å². The zero-order valence-corrected chi connectivity index (χ0v) is 18.1. The number of hydrogen-bond acceptors (Lipinski definition) is 7. The summed E-state index contributed by atoms with van der Waals surface area (Å²) in [5, 5.41) is 19.3. The maximum absolute atomic E-state index is 8.83. The molecule has 1 aliphatic heterocycles. The molecule has 2 N–H and O–H groups in total. The van der Waals surface area contributed by atoms with Gasteiger partial charge in [-0.25, -0.2) is 9.97 Å². The van der Waals surface area contributed by atoms with Gasteiger partial charge in [-0.05, 0) is 63.4 Å². The Morgan fingerprint density at radius 1 is 1.16 bits per heavy atom. The number of piperidine rings is 1. The van der Waals surface area contributed by atoms with Crippen LogP contribution in [0.2, 0.25) is 0 Å².